The first kappa shape index (κ1) is 23.0. The van der Waals surface area contributed by atoms with E-state index in [0.717, 1.165) is 18.9 Å². The van der Waals surface area contributed by atoms with Crippen molar-refractivity contribution in [1.82, 2.24) is 5.32 Å². The summed E-state index contributed by atoms with van der Waals surface area (Å²) in [7, 11) is 1.23. The van der Waals surface area contributed by atoms with E-state index in [1.165, 1.54) is 27.0 Å². The summed E-state index contributed by atoms with van der Waals surface area (Å²) in [5.41, 5.74) is -3.58. The molecule has 0 aliphatic carbocycles. The summed E-state index contributed by atoms with van der Waals surface area (Å²) in [6, 6.07) is 0. The fourth-order valence-corrected chi connectivity index (χ4v) is 3.73. The summed E-state index contributed by atoms with van der Waals surface area (Å²) in [5, 5.41) is 24.4. The first-order chi connectivity index (χ1) is 12.6. The molecule has 1 fully saturated rings. The average Bonchev–Trinajstić information content (AvgIpc) is 2.81. The summed E-state index contributed by atoms with van der Waals surface area (Å²) >= 11 is 0. The smallest absolute Gasteiger partial charge is 0.330 e. The second-order valence-corrected chi connectivity index (χ2v) is 7.08. The highest BCUT2D eigenvalue weighted by Crippen LogP contribution is 2.42. The molecule has 0 saturated carbocycles. The maximum atomic E-state index is 12.5. The van der Waals surface area contributed by atoms with Gasteiger partial charge in [0, 0.05) is 6.08 Å². The van der Waals surface area contributed by atoms with Gasteiger partial charge in [-0.3, -0.25) is 9.59 Å². The quantitative estimate of drug-likeness (QED) is 0.228. The van der Waals surface area contributed by atoms with Crippen molar-refractivity contribution in [3.63, 3.8) is 0 Å². The first-order valence-corrected chi connectivity index (χ1v) is 9.24. The van der Waals surface area contributed by atoms with Gasteiger partial charge in [0.1, 0.15) is 5.60 Å². The molecule has 7 heteroatoms. The van der Waals surface area contributed by atoms with Crippen molar-refractivity contribution in [3.05, 3.63) is 24.3 Å². The number of ether oxygens (including phenoxy) is 1. The zero-order valence-corrected chi connectivity index (χ0v) is 16.5. The third kappa shape index (κ3) is 4.84. The first-order valence-electron chi connectivity index (χ1n) is 9.24. The van der Waals surface area contributed by atoms with Crippen LogP contribution in [0.15, 0.2) is 24.3 Å². The van der Waals surface area contributed by atoms with Crippen LogP contribution in [0.2, 0.25) is 0 Å². The molecule has 3 N–H and O–H groups in total. The van der Waals surface area contributed by atoms with Crippen LogP contribution in [0, 0.1) is 5.92 Å². The predicted octanol–water partition coefficient (Wildman–Crippen LogP) is 1.43. The molecule has 0 aromatic carbocycles. The van der Waals surface area contributed by atoms with Crippen molar-refractivity contribution in [3.8, 4) is 0 Å². The molecule has 1 amide bonds. The van der Waals surface area contributed by atoms with Crippen molar-refractivity contribution >= 4 is 17.7 Å². The van der Waals surface area contributed by atoms with E-state index in [1.807, 2.05) is 19.1 Å². The molecule has 1 rings (SSSR count). The van der Waals surface area contributed by atoms with Crippen LogP contribution in [0.4, 0.5) is 0 Å². The SMILES string of the molecule is C/C=C\CCCCC(O)[C@@]1(C(C)=O)NC(=O)[C@H](C/C=C/C(=O)OC)[C@]1(C)O. The molecule has 27 heavy (non-hydrogen) atoms. The fraction of sp³-hybridized carbons (Fsp3) is 0.650. The van der Waals surface area contributed by atoms with Gasteiger partial charge in [0.2, 0.25) is 5.91 Å². The van der Waals surface area contributed by atoms with E-state index in [0.29, 0.717) is 6.42 Å². The Morgan fingerprint density at radius 1 is 1.33 bits per heavy atom. The van der Waals surface area contributed by atoms with Crippen LogP contribution in [0.1, 0.15) is 52.9 Å². The van der Waals surface area contributed by atoms with Gasteiger partial charge in [-0.2, -0.15) is 0 Å². The molecule has 0 spiro atoms. The second kappa shape index (κ2) is 9.80. The number of hydrogen-bond acceptors (Lipinski definition) is 6. The van der Waals surface area contributed by atoms with Crippen molar-refractivity contribution in [2.24, 2.45) is 5.92 Å². The highest BCUT2D eigenvalue weighted by atomic mass is 16.5. The van der Waals surface area contributed by atoms with Crippen molar-refractivity contribution in [2.75, 3.05) is 7.11 Å². The van der Waals surface area contributed by atoms with Crippen LogP contribution in [-0.4, -0.2) is 52.2 Å². The largest absolute Gasteiger partial charge is 0.466 e. The van der Waals surface area contributed by atoms with Gasteiger partial charge in [-0.1, -0.05) is 24.6 Å². The van der Waals surface area contributed by atoms with E-state index < -0.39 is 40.8 Å². The zero-order valence-electron chi connectivity index (χ0n) is 16.5. The summed E-state index contributed by atoms with van der Waals surface area (Å²) in [4.78, 5) is 36.1. The molecule has 4 atom stereocenters. The third-order valence-electron chi connectivity index (χ3n) is 5.33. The molecule has 1 unspecified atom stereocenters. The molecule has 1 saturated heterocycles. The Hall–Kier alpha value is -1.99. The number of rotatable bonds is 10. The van der Waals surface area contributed by atoms with Gasteiger partial charge in [0.25, 0.3) is 0 Å². The van der Waals surface area contributed by atoms with Gasteiger partial charge in [-0.15, -0.1) is 0 Å². The Morgan fingerprint density at radius 2 is 2.00 bits per heavy atom. The van der Waals surface area contributed by atoms with Crippen LogP contribution in [-0.2, 0) is 19.1 Å². The molecule has 0 aromatic rings. The third-order valence-corrected chi connectivity index (χ3v) is 5.33. The maximum absolute atomic E-state index is 12.5. The van der Waals surface area contributed by atoms with Crippen LogP contribution in [0.3, 0.4) is 0 Å². The molecule has 0 bridgehead atoms. The summed E-state index contributed by atoms with van der Waals surface area (Å²) in [5.74, 6) is -2.58. The molecular weight excluding hydrogens is 350 g/mol. The number of amides is 1. The molecule has 1 heterocycles. The van der Waals surface area contributed by atoms with Gasteiger partial charge < -0.3 is 20.3 Å². The Kier molecular flexibility index (Phi) is 8.37. The minimum atomic E-state index is -1.81. The van der Waals surface area contributed by atoms with Crippen LogP contribution in [0.25, 0.3) is 0 Å². The van der Waals surface area contributed by atoms with Crippen molar-refractivity contribution in [2.45, 2.75) is 70.1 Å². The zero-order chi connectivity index (χ0) is 20.7. The fourth-order valence-electron chi connectivity index (χ4n) is 3.73. The Bertz CT molecular complexity index is 610. The van der Waals surface area contributed by atoms with Gasteiger partial charge in [-0.25, -0.2) is 4.79 Å². The number of aliphatic hydroxyl groups excluding tert-OH is 1. The van der Waals surface area contributed by atoms with E-state index in [1.54, 1.807) is 0 Å². The number of allylic oxidation sites excluding steroid dienone is 3. The number of nitrogens with one attached hydrogen (secondary N) is 1. The molecule has 1 aliphatic rings. The summed E-state index contributed by atoms with van der Waals surface area (Å²) in [6.07, 6.45) is 7.99. The van der Waals surface area contributed by atoms with Crippen molar-refractivity contribution in [1.29, 1.82) is 0 Å². The monoisotopic (exact) mass is 381 g/mol. The Balaban J connectivity index is 2.98. The number of unbranched alkanes of at least 4 members (excludes halogenated alkanes) is 2. The lowest BCUT2D eigenvalue weighted by Gasteiger charge is -2.42. The van der Waals surface area contributed by atoms with E-state index in [4.69, 9.17) is 0 Å². The topological polar surface area (TPSA) is 113 Å². The lowest BCUT2D eigenvalue weighted by atomic mass is 9.69. The molecular formula is C20H31NO6. The lowest BCUT2D eigenvalue weighted by molar-refractivity contribution is -0.146. The van der Waals surface area contributed by atoms with E-state index >= 15 is 0 Å². The summed E-state index contributed by atoms with van der Waals surface area (Å²) in [6.45, 7) is 4.57. The lowest BCUT2D eigenvalue weighted by Crippen LogP contribution is -2.68. The predicted molar refractivity (Wildman–Crippen MR) is 101 cm³/mol. The Morgan fingerprint density at radius 3 is 2.56 bits per heavy atom. The van der Waals surface area contributed by atoms with Gasteiger partial charge in [0.05, 0.1) is 19.1 Å². The Labute approximate surface area is 160 Å². The second-order valence-electron chi connectivity index (χ2n) is 7.08. The summed E-state index contributed by atoms with van der Waals surface area (Å²) < 4.78 is 4.50. The molecule has 0 aromatic heterocycles. The normalized spacial score (nSPS) is 29.3. The van der Waals surface area contributed by atoms with Gasteiger partial charge in [0.15, 0.2) is 11.3 Å². The molecule has 7 nitrogen and oxygen atoms in total. The number of esters is 1. The van der Waals surface area contributed by atoms with Gasteiger partial charge >= 0.3 is 5.97 Å². The van der Waals surface area contributed by atoms with E-state index in [2.05, 4.69) is 10.1 Å². The highest BCUT2D eigenvalue weighted by molar-refractivity contribution is 5.99. The highest BCUT2D eigenvalue weighted by Gasteiger charge is 2.66. The van der Waals surface area contributed by atoms with Crippen molar-refractivity contribution < 1.29 is 29.3 Å². The average molecular weight is 381 g/mol. The maximum Gasteiger partial charge on any atom is 0.330 e. The number of ketones is 1. The molecule has 0 radical (unpaired) electrons. The van der Waals surface area contributed by atoms with Gasteiger partial charge in [-0.05, 0) is 46.5 Å². The number of methoxy groups -OCH3 is 1. The molecule has 1 aliphatic heterocycles. The van der Waals surface area contributed by atoms with Crippen LogP contribution < -0.4 is 5.32 Å². The number of carbonyl (C=O) groups excluding carboxylic acids is 3. The van der Waals surface area contributed by atoms with Crippen LogP contribution in [0.5, 0.6) is 0 Å². The number of hydrogen-bond donors (Lipinski definition) is 3. The van der Waals surface area contributed by atoms with E-state index in [-0.39, 0.29) is 12.8 Å². The minimum absolute atomic E-state index is 0.0387. The van der Waals surface area contributed by atoms with E-state index in [9.17, 15) is 24.6 Å². The standard InChI is InChI=1S/C20H31NO6/c1-5-6-7-8-9-12-16(23)20(14(2)22)19(3,26)15(18(25)21-20)11-10-13-17(24)27-4/h5-6,10,13,15-16,23,26H,7-9,11-12H2,1-4H3,(H,21,25)/b6-5-,13-10+/t15-,16?,19-,20+/m0/s1. The van der Waals surface area contributed by atoms with Crippen LogP contribution >= 0.6 is 0 Å². The molecule has 152 valence electrons. The number of aliphatic hydroxyl groups is 2. The number of carbonyl (C=O) groups is 3. The minimum Gasteiger partial charge on any atom is -0.466 e. The number of Topliss-reactive ketones (excluding diaryl/α,β-unsaturated/α-hetero) is 1.